The summed E-state index contributed by atoms with van der Waals surface area (Å²) in [5.74, 6) is -1.01. The third-order valence-electron chi connectivity index (χ3n) is 2.67. The van der Waals surface area contributed by atoms with Gasteiger partial charge in [-0.05, 0) is 18.2 Å². The first kappa shape index (κ1) is 16.3. The number of carbonyl (C=O) groups is 2. The number of aliphatic carboxylic acids is 1. The van der Waals surface area contributed by atoms with Crippen LogP contribution in [-0.4, -0.2) is 24.0 Å². The third-order valence-corrected chi connectivity index (χ3v) is 3.80. The number of carboxylic acid groups (broad SMARTS) is 1. The summed E-state index contributed by atoms with van der Waals surface area (Å²) >= 11 is 7.11. The number of carboxylic acids is 1. The monoisotopic (exact) mass is 339 g/mol. The maximum atomic E-state index is 12.0. The molecule has 0 aliphatic rings. The van der Waals surface area contributed by atoms with Crippen LogP contribution in [0.15, 0.2) is 23.6 Å². The molecule has 0 atom stereocenters. The molecule has 6 nitrogen and oxygen atoms in total. The fourth-order valence-electron chi connectivity index (χ4n) is 1.77. The summed E-state index contributed by atoms with van der Waals surface area (Å²) in [5, 5.41) is 15.8. The van der Waals surface area contributed by atoms with E-state index in [1.165, 1.54) is 18.4 Å². The lowest BCUT2D eigenvalue weighted by Gasteiger charge is -2.09. The van der Waals surface area contributed by atoms with Crippen molar-refractivity contribution in [1.82, 2.24) is 4.98 Å². The molecule has 1 amide bonds. The summed E-state index contributed by atoms with van der Waals surface area (Å²) in [6.07, 6.45) is -0.229. The van der Waals surface area contributed by atoms with Crippen molar-refractivity contribution in [2.45, 2.75) is 12.8 Å². The summed E-state index contributed by atoms with van der Waals surface area (Å²) in [6, 6.07) is 4.89. The van der Waals surface area contributed by atoms with Gasteiger partial charge in [-0.3, -0.25) is 4.79 Å². The Bertz CT molecular complexity index is 702. The highest BCUT2D eigenvalue weighted by molar-refractivity contribution is 7.09. The molecule has 1 aromatic carbocycles. The Balaban J connectivity index is 2.02. The summed E-state index contributed by atoms with van der Waals surface area (Å²) < 4.78 is 5.14. The SMILES string of the molecule is COc1ccc(Cl)cc1NC(=O)Cc1nc(CC(=O)[O-])cs1. The minimum atomic E-state index is -1.20. The zero-order chi connectivity index (χ0) is 16.1. The Hall–Kier alpha value is -2.12. The predicted molar refractivity (Wildman–Crippen MR) is 81.2 cm³/mol. The second-order valence-electron chi connectivity index (χ2n) is 4.35. The first-order valence-electron chi connectivity index (χ1n) is 6.24. The first-order chi connectivity index (χ1) is 10.5. The number of benzene rings is 1. The molecule has 1 N–H and O–H groups in total. The molecule has 22 heavy (non-hydrogen) atoms. The molecule has 0 saturated carbocycles. The van der Waals surface area contributed by atoms with Gasteiger partial charge in [0, 0.05) is 22.8 Å². The van der Waals surface area contributed by atoms with Crippen LogP contribution in [-0.2, 0) is 22.4 Å². The highest BCUT2D eigenvalue weighted by Crippen LogP contribution is 2.27. The molecule has 0 fully saturated rings. The van der Waals surface area contributed by atoms with Gasteiger partial charge >= 0.3 is 0 Å². The van der Waals surface area contributed by atoms with Gasteiger partial charge < -0.3 is 20.0 Å². The highest BCUT2D eigenvalue weighted by Gasteiger charge is 2.11. The van der Waals surface area contributed by atoms with E-state index in [9.17, 15) is 14.7 Å². The number of hydrogen-bond donors (Lipinski definition) is 1. The number of rotatable bonds is 6. The van der Waals surface area contributed by atoms with E-state index >= 15 is 0 Å². The Morgan fingerprint density at radius 1 is 1.41 bits per heavy atom. The van der Waals surface area contributed by atoms with Gasteiger partial charge in [-0.1, -0.05) is 11.6 Å². The molecular formula is C14H12ClN2O4S-. The van der Waals surface area contributed by atoms with E-state index < -0.39 is 5.97 Å². The topological polar surface area (TPSA) is 91.3 Å². The van der Waals surface area contributed by atoms with E-state index in [4.69, 9.17) is 16.3 Å². The molecule has 2 aromatic rings. The van der Waals surface area contributed by atoms with Crippen molar-refractivity contribution >= 4 is 40.5 Å². The summed E-state index contributed by atoms with van der Waals surface area (Å²) in [4.78, 5) is 26.6. The molecule has 0 bridgehead atoms. The van der Waals surface area contributed by atoms with E-state index in [0.29, 0.717) is 27.2 Å². The zero-order valence-corrected chi connectivity index (χ0v) is 13.2. The van der Waals surface area contributed by atoms with Crippen LogP contribution in [0.1, 0.15) is 10.7 Å². The summed E-state index contributed by atoms with van der Waals surface area (Å²) in [6.45, 7) is 0. The smallest absolute Gasteiger partial charge is 0.231 e. The maximum absolute atomic E-state index is 12.0. The summed E-state index contributed by atoms with van der Waals surface area (Å²) in [7, 11) is 1.49. The minimum absolute atomic E-state index is 0.0351. The van der Waals surface area contributed by atoms with Gasteiger partial charge in [-0.2, -0.15) is 0 Å². The van der Waals surface area contributed by atoms with E-state index in [2.05, 4.69) is 10.3 Å². The van der Waals surface area contributed by atoms with Crippen molar-refractivity contribution in [1.29, 1.82) is 0 Å². The van der Waals surface area contributed by atoms with Crippen LogP contribution in [0, 0.1) is 0 Å². The summed E-state index contributed by atoms with van der Waals surface area (Å²) in [5.41, 5.74) is 0.847. The average Bonchev–Trinajstić information content (AvgIpc) is 2.85. The molecule has 0 radical (unpaired) electrons. The number of thiazole rings is 1. The third kappa shape index (κ3) is 4.44. The van der Waals surface area contributed by atoms with Crippen molar-refractivity contribution in [3.63, 3.8) is 0 Å². The number of anilines is 1. The van der Waals surface area contributed by atoms with Gasteiger partial charge in [0.25, 0.3) is 0 Å². The molecule has 1 aromatic heterocycles. The quantitative estimate of drug-likeness (QED) is 0.856. The number of carbonyl (C=O) groups excluding carboxylic acids is 2. The van der Waals surface area contributed by atoms with Gasteiger partial charge in [0.15, 0.2) is 0 Å². The van der Waals surface area contributed by atoms with Crippen LogP contribution < -0.4 is 15.2 Å². The van der Waals surface area contributed by atoms with Crippen molar-refractivity contribution < 1.29 is 19.4 Å². The van der Waals surface area contributed by atoms with Gasteiger partial charge in [0.05, 0.1) is 24.9 Å². The Kier molecular flexibility index (Phi) is 5.35. The Morgan fingerprint density at radius 3 is 2.86 bits per heavy atom. The van der Waals surface area contributed by atoms with Gasteiger partial charge in [0.2, 0.25) is 5.91 Å². The standard InChI is InChI=1S/C14H13ClN2O4S/c1-21-11-3-2-8(15)4-10(11)17-12(18)6-13-16-9(7-22-13)5-14(19)20/h2-4,7H,5-6H2,1H3,(H,17,18)(H,19,20)/p-1. The number of ether oxygens (including phenoxy) is 1. The number of nitrogens with one attached hydrogen (secondary N) is 1. The molecule has 116 valence electrons. The lowest BCUT2D eigenvalue weighted by atomic mass is 10.2. The number of nitrogens with zero attached hydrogens (tertiary/aromatic N) is 1. The lowest BCUT2D eigenvalue weighted by Crippen LogP contribution is -2.24. The normalized spacial score (nSPS) is 10.3. The second kappa shape index (κ2) is 7.24. The molecule has 0 unspecified atom stereocenters. The minimum Gasteiger partial charge on any atom is -0.550 e. The van der Waals surface area contributed by atoms with Crippen LogP contribution in [0.2, 0.25) is 5.02 Å². The molecule has 0 spiro atoms. The molecule has 1 heterocycles. The van der Waals surface area contributed by atoms with E-state index in [1.54, 1.807) is 23.6 Å². The van der Waals surface area contributed by atoms with Crippen LogP contribution >= 0.6 is 22.9 Å². The van der Waals surface area contributed by atoms with E-state index in [-0.39, 0.29) is 18.7 Å². The number of hydrogen-bond acceptors (Lipinski definition) is 6. The van der Waals surface area contributed by atoms with Gasteiger partial charge in [-0.25, -0.2) is 4.98 Å². The average molecular weight is 340 g/mol. The van der Waals surface area contributed by atoms with Gasteiger partial charge in [-0.15, -0.1) is 11.3 Å². The van der Waals surface area contributed by atoms with E-state index in [0.717, 1.165) is 0 Å². The fourth-order valence-corrected chi connectivity index (χ4v) is 2.73. The van der Waals surface area contributed by atoms with E-state index in [1.807, 2.05) is 0 Å². The van der Waals surface area contributed by atoms with Gasteiger partial charge in [0.1, 0.15) is 10.8 Å². The van der Waals surface area contributed by atoms with Crippen LogP contribution in [0.5, 0.6) is 5.75 Å². The van der Waals surface area contributed by atoms with Crippen molar-refractivity contribution in [2.24, 2.45) is 0 Å². The van der Waals surface area contributed by atoms with Crippen LogP contribution in [0.4, 0.5) is 5.69 Å². The zero-order valence-electron chi connectivity index (χ0n) is 11.6. The molecule has 0 saturated heterocycles. The number of amides is 1. The van der Waals surface area contributed by atoms with Crippen LogP contribution in [0.25, 0.3) is 0 Å². The number of methoxy groups -OCH3 is 1. The van der Waals surface area contributed by atoms with Crippen molar-refractivity contribution in [2.75, 3.05) is 12.4 Å². The fraction of sp³-hybridized carbons (Fsp3) is 0.214. The largest absolute Gasteiger partial charge is 0.550 e. The first-order valence-corrected chi connectivity index (χ1v) is 7.50. The Morgan fingerprint density at radius 2 is 2.18 bits per heavy atom. The molecular weight excluding hydrogens is 328 g/mol. The molecule has 0 aliphatic heterocycles. The second-order valence-corrected chi connectivity index (χ2v) is 5.73. The van der Waals surface area contributed by atoms with Crippen molar-refractivity contribution in [3.8, 4) is 5.75 Å². The maximum Gasteiger partial charge on any atom is 0.231 e. The number of aromatic nitrogens is 1. The molecule has 2 rings (SSSR count). The Labute approximate surface area is 135 Å². The number of halogens is 1. The molecule has 8 heteroatoms. The van der Waals surface area contributed by atoms with Crippen molar-refractivity contribution in [3.05, 3.63) is 39.3 Å². The lowest BCUT2D eigenvalue weighted by molar-refractivity contribution is -0.304. The predicted octanol–water partition coefficient (Wildman–Crippen LogP) is 1.28. The van der Waals surface area contributed by atoms with Crippen LogP contribution in [0.3, 0.4) is 0 Å². The highest BCUT2D eigenvalue weighted by atomic mass is 35.5. The molecule has 0 aliphatic carbocycles.